The summed E-state index contributed by atoms with van der Waals surface area (Å²) in [6, 6.07) is 10.00. The third-order valence-electron chi connectivity index (χ3n) is 4.20. The molecule has 25 heavy (non-hydrogen) atoms. The third-order valence-corrected chi connectivity index (χ3v) is 4.70. The Morgan fingerprint density at radius 3 is 2.64 bits per heavy atom. The fourth-order valence-corrected chi connectivity index (χ4v) is 2.85. The van der Waals surface area contributed by atoms with E-state index in [-0.39, 0.29) is 5.56 Å². The molecule has 0 unspecified atom stereocenters. The van der Waals surface area contributed by atoms with Gasteiger partial charge in [0.25, 0.3) is 5.56 Å². The van der Waals surface area contributed by atoms with Crippen molar-refractivity contribution in [1.82, 2.24) is 15.0 Å². The number of aromatic amines is 1. The molecular formula is C19H19BrN4O. The van der Waals surface area contributed by atoms with Crippen LogP contribution in [0.25, 0.3) is 11.4 Å². The zero-order valence-electron chi connectivity index (χ0n) is 14.4. The van der Waals surface area contributed by atoms with Gasteiger partial charge >= 0.3 is 0 Å². The minimum absolute atomic E-state index is 0.116. The number of benzene rings is 1. The predicted octanol–water partition coefficient (Wildman–Crippen LogP) is 4.13. The van der Waals surface area contributed by atoms with Crippen molar-refractivity contribution in [3.63, 3.8) is 0 Å². The highest BCUT2D eigenvalue weighted by atomic mass is 79.9. The Bertz CT molecular complexity index is 964. The zero-order valence-corrected chi connectivity index (χ0v) is 15.9. The molecule has 0 fully saturated rings. The molecule has 0 bridgehead atoms. The third kappa shape index (κ3) is 3.96. The Kier molecular flexibility index (Phi) is 4.99. The molecule has 0 spiro atoms. The van der Waals surface area contributed by atoms with Gasteiger partial charge in [0.15, 0.2) is 0 Å². The quantitative estimate of drug-likeness (QED) is 0.692. The summed E-state index contributed by atoms with van der Waals surface area (Å²) in [5.74, 6) is 1.31. The van der Waals surface area contributed by atoms with Crippen LogP contribution in [0.1, 0.15) is 22.4 Å². The van der Waals surface area contributed by atoms with Crippen molar-refractivity contribution < 1.29 is 0 Å². The van der Waals surface area contributed by atoms with Crippen LogP contribution in [0, 0.1) is 20.8 Å². The average molecular weight is 399 g/mol. The number of H-pyrrole nitrogens is 1. The molecule has 2 N–H and O–H groups in total. The van der Waals surface area contributed by atoms with Crippen LogP contribution in [0.15, 0.2) is 45.8 Å². The van der Waals surface area contributed by atoms with Crippen LogP contribution in [0.3, 0.4) is 0 Å². The molecule has 3 aromatic rings. The lowest BCUT2D eigenvalue weighted by Gasteiger charge is -2.10. The van der Waals surface area contributed by atoms with E-state index in [1.165, 1.54) is 11.1 Å². The minimum atomic E-state index is -0.116. The van der Waals surface area contributed by atoms with E-state index >= 15 is 0 Å². The van der Waals surface area contributed by atoms with Gasteiger partial charge in [-0.25, -0.2) is 9.97 Å². The summed E-state index contributed by atoms with van der Waals surface area (Å²) in [5, 5.41) is 3.32. The number of nitrogens with zero attached hydrogens (tertiary/aromatic N) is 2. The van der Waals surface area contributed by atoms with E-state index in [2.05, 4.69) is 55.3 Å². The molecule has 0 aliphatic rings. The first-order chi connectivity index (χ1) is 11.9. The first kappa shape index (κ1) is 17.4. The van der Waals surface area contributed by atoms with Gasteiger partial charge in [0.2, 0.25) is 0 Å². The summed E-state index contributed by atoms with van der Waals surface area (Å²) in [6.07, 6.45) is 1.71. The molecule has 0 aliphatic heterocycles. The molecular weight excluding hydrogens is 380 g/mol. The summed E-state index contributed by atoms with van der Waals surface area (Å²) in [5.41, 5.74) is 4.47. The van der Waals surface area contributed by atoms with Gasteiger partial charge in [0, 0.05) is 34.0 Å². The van der Waals surface area contributed by atoms with Crippen molar-refractivity contribution in [2.45, 2.75) is 27.3 Å². The van der Waals surface area contributed by atoms with Gasteiger partial charge in [-0.3, -0.25) is 4.79 Å². The van der Waals surface area contributed by atoms with Crippen molar-refractivity contribution in [3.05, 3.63) is 73.7 Å². The first-order valence-electron chi connectivity index (χ1n) is 7.97. The maximum absolute atomic E-state index is 11.9. The number of nitrogens with one attached hydrogen (secondary N) is 2. The lowest BCUT2D eigenvalue weighted by molar-refractivity contribution is 1.03. The molecule has 0 aliphatic carbocycles. The van der Waals surface area contributed by atoms with Crippen LogP contribution in [-0.2, 0) is 6.54 Å². The normalized spacial score (nSPS) is 10.7. The molecule has 1 aromatic carbocycles. The van der Waals surface area contributed by atoms with E-state index in [9.17, 15) is 4.79 Å². The van der Waals surface area contributed by atoms with Crippen LogP contribution in [0.5, 0.6) is 0 Å². The number of hydrogen-bond donors (Lipinski definition) is 2. The van der Waals surface area contributed by atoms with Crippen molar-refractivity contribution in [1.29, 1.82) is 0 Å². The number of aryl methyl sites for hydroxylation is 2. The maximum Gasteiger partial charge on any atom is 0.254 e. The van der Waals surface area contributed by atoms with Gasteiger partial charge < -0.3 is 10.3 Å². The van der Waals surface area contributed by atoms with Crippen LogP contribution < -0.4 is 10.9 Å². The van der Waals surface area contributed by atoms with E-state index in [0.717, 1.165) is 21.5 Å². The Hall–Kier alpha value is -2.47. The average Bonchev–Trinajstić information content (AvgIpc) is 2.60. The highest BCUT2D eigenvalue weighted by molar-refractivity contribution is 9.10. The second kappa shape index (κ2) is 7.19. The summed E-state index contributed by atoms with van der Waals surface area (Å²) < 4.78 is 1.06. The Morgan fingerprint density at radius 1 is 1.16 bits per heavy atom. The second-order valence-electron chi connectivity index (χ2n) is 5.98. The van der Waals surface area contributed by atoms with E-state index < -0.39 is 0 Å². The molecule has 0 radical (unpaired) electrons. The fraction of sp³-hybridized carbons (Fsp3) is 0.211. The van der Waals surface area contributed by atoms with Gasteiger partial charge in [-0.05, 0) is 56.2 Å². The highest BCUT2D eigenvalue weighted by Gasteiger charge is 2.07. The molecule has 128 valence electrons. The fourth-order valence-electron chi connectivity index (χ4n) is 2.44. The number of anilines is 1. The van der Waals surface area contributed by atoms with Crippen LogP contribution >= 0.6 is 15.9 Å². The Balaban J connectivity index is 1.76. The predicted molar refractivity (Wildman–Crippen MR) is 104 cm³/mol. The van der Waals surface area contributed by atoms with Crippen molar-refractivity contribution in [2.75, 3.05) is 5.32 Å². The van der Waals surface area contributed by atoms with E-state index in [0.29, 0.717) is 17.9 Å². The van der Waals surface area contributed by atoms with Gasteiger partial charge in [0.05, 0.1) is 0 Å². The largest absolute Gasteiger partial charge is 0.366 e. The minimum Gasteiger partial charge on any atom is -0.366 e. The summed E-state index contributed by atoms with van der Waals surface area (Å²) in [4.78, 5) is 23.5. The van der Waals surface area contributed by atoms with E-state index in [4.69, 9.17) is 0 Å². The molecule has 0 atom stereocenters. The monoisotopic (exact) mass is 398 g/mol. The molecule has 2 heterocycles. The van der Waals surface area contributed by atoms with E-state index in [1.807, 2.05) is 25.1 Å². The summed E-state index contributed by atoms with van der Waals surface area (Å²) >= 11 is 3.50. The smallest absolute Gasteiger partial charge is 0.254 e. The molecule has 2 aromatic heterocycles. The SMILES string of the molecule is Cc1ccc(Br)cc1CNc1ccc(-c2nc(C)c(C)c(=O)[nH]2)cn1. The van der Waals surface area contributed by atoms with Crippen LogP contribution in [0.2, 0.25) is 0 Å². The first-order valence-corrected chi connectivity index (χ1v) is 8.76. The highest BCUT2D eigenvalue weighted by Crippen LogP contribution is 2.19. The summed E-state index contributed by atoms with van der Waals surface area (Å²) in [7, 11) is 0. The summed E-state index contributed by atoms with van der Waals surface area (Å²) in [6.45, 7) is 6.37. The van der Waals surface area contributed by atoms with Crippen molar-refractivity contribution in [3.8, 4) is 11.4 Å². The number of pyridine rings is 1. The van der Waals surface area contributed by atoms with Gasteiger partial charge in [-0.15, -0.1) is 0 Å². The number of halogens is 1. The van der Waals surface area contributed by atoms with E-state index in [1.54, 1.807) is 13.1 Å². The Morgan fingerprint density at radius 2 is 1.96 bits per heavy atom. The lowest BCUT2D eigenvalue weighted by atomic mass is 10.1. The molecule has 3 rings (SSSR count). The number of aromatic nitrogens is 3. The lowest BCUT2D eigenvalue weighted by Crippen LogP contribution is -2.14. The number of hydrogen-bond acceptors (Lipinski definition) is 4. The van der Waals surface area contributed by atoms with Crippen LogP contribution in [0.4, 0.5) is 5.82 Å². The van der Waals surface area contributed by atoms with Gasteiger partial charge in [-0.2, -0.15) is 0 Å². The molecule has 0 saturated carbocycles. The topological polar surface area (TPSA) is 70.7 Å². The molecule has 5 nitrogen and oxygen atoms in total. The molecule has 0 amide bonds. The van der Waals surface area contributed by atoms with Crippen molar-refractivity contribution in [2.24, 2.45) is 0 Å². The number of rotatable bonds is 4. The maximum atomic E-state index is 11.9. The Labute approximate surface area is 154 Å². The van der Waals surface area contributed by atoms with Crippen LogP contribution in [-0.4, -0.2) is 15.0 Å². The second-order valence-corrected chi connectivity index (χ2v) is 6.90. The zero-order chi connectivity index (χ0) is 18.0. The van der Waals surface area contributed by atoms with Gasteiger partial charge in [-0.1, -0.05) is 22.0 Å². The van der Waals surface area contributed by atoms with Crippen molar-refractivity contribution >= 4 is 21.7 Å². The molecule has 6 heteroatoms. The van der Waals surface area contributed by atoms with Gasteiger partial charge in [0.1, 0.15) is 11.6 Å². The molecule has 0 saturated heterocycles. The standard InChI is InChI=1S/C19H19BrN4O/c1-11-4-6-16(20)8-15(11)10-22-17-7-5-14(9-21-17)18-23-13(3)12(2)19(25)24-18/h4-9H,10H2,1-3H3,(H,21,22)(H,23,24,25).